The van der Waals surface area contributed by atoms with Crippen molar-refractivity contribution in [2.75, 3.05) is 6.54 Å². The van der Waals surface area contributed by atoms with Gasteiger partial charge in [0, 0.05) is 17.3 Å². The van der Waals surface area contributed by atoms with E-state index in [1.165, 1.54) is 10.9 Å². The zero-order chi connectivity index (χ0) is 15.2. The number of aryl methyl sites for hydroxylation is 1. The summed E-state index contributed by atoms with van der Waals surface area (Å²) in [6.07, 6.45) is 1.69. The van der Waals surface area contributed by atoms with Gasteiger partial charge < -0.3 is 10.8 Å². The fourth-order valence-corrected chi connectivity index (χ4v) is 3.37. The topological polar surface area (TPSA) is 46.2 Å². The van der Waals surface area contributed by atoms with E-state index in [4.69, 9.17) is 17.3 Å². The summed E-state index contributed by atoms with van der Waals surface area (Å²) in [4.78, 5) is 1.29. The molecule has 0 saturated carbocycles. The number of rotatable bonds is 7. The number of halogens is 2. The third-order valence-corrected chi connectivity index (χ3v) is 4.83. The Balaban J connectivity index is 1.98. The van der Waals surface area contributed by atoms with Crippen LogP contribution in [0.1, 0.15) is 29.2 Å². The maximum absolute atomic E-state index is 14.0. The van der Waals surface area contributed by atoms with E-state index >= 15 is 0 Å². The Kier molecular flexibility index (Phi) is 6.18. The van der Waals surface area contributed by atoms with Crippen molar-refractivity contribution in [2.45, 2.75) is 31.3 Å². The van der Waals surface area contributed by atoms with Gasteiger partial charge in [-0.3, -0.25) is 0 Å². The van der Waals surface area contributed by atoms with Gasteiger partial charge in [0.25, 0.3) is 0 Å². The van der Waals surface area contributed by atoms with E-state index in [1.807, 2.05) is 11.4 Å². The first-order chi connectivity index (χ1) is 10.1. The van der Waals surface area contributed by atoms with Crippen LogP contribution in [0.5, 0.6) is 0 Å². The third kappa shape index (κ3) is 4.27. The quantitative estimate of drug-likeness (QED) is 0.808. The van der Waals surface area contributed by atoms with Gasteiger partial charge in [-0.05, 0) is 42.3 Å². The number of hydrogen-bond acceptors (Lipinski definition) is 3. The van der Waals surface area contributed by atoms with E-state index in [-0.39, 0.29) is 11.6 Å². The lowest BCUT2D eigenvalue weighted by Crippen LogP contribution is -2.27. The van der Waals surface area contributed by atoms with Crippen molar-refractivity contribution in [3.05, 3.63) is 57.0 Å². The number of benzene rings is 1. The molecule has 0 spiro atoms. The van der Waals surface area contributed by atoms with Crippen molar-refractivity contribution >= 4 is 22.9 Å². The highest BCUT2D eigenvalue weighted by Crippen LogP contribution is 2.28. The van der Waals surface area contributed by atoms with Crippen molar-refractivity contribution in [3.8, 4) is 0 Å². The second-order valence-corrected chi connectivity index (χ2v) is 6.46. The first kappa shape index (κ1) is 16.4. The SMILES string of the molecule is NCC(c1cccc(Cl)c1F)C(O)CCCc1cccs1. The van der Waals surface area contributed by atoms with Crippen LogP contribution in [-0.2, 0) is 6.42 Å². The molecule has 0 fully saturated rings. The minimum Gasteiger partial charge on any atom is -0.392 e. The molecule has 0 aliphatic heterocycles. The minimum atomic E-state index is -0.664. The Morgan fingerprint density at radius 3 is 2.76 bits per heavy atom. The van der Waals surface area contributed by atoms with Gasteiger partial charge in [-0.2, -0.15) is 0 Å². The molecular weight excluding hydrogens is 309 g/mol. The van der Waals surface area contributed by atoms with Gasteiger partial charge in [0.1, 0.15) is 5.82 Å². The van der Waals surface area contributed by atoms with Gasteiger partial charge in [0.2, 0.25) is 0 Å². The maximum atomic E-state index is 14.0. The van der Waals surface area contributed by atoms with Gasteiger partial charge in [-0.25, -0.2) is 4.39 Å². The van der Waals surface area contributed by atoms with Crippen molar-refractivity contribution in [2.24, 2.45) is 5.73 Å². The molecule has 21 heavy (non-hydrogen) atoms. The second kappa shape index (κ2) is 7.90. The summed E-state index contributed by atoms with van der Waals surface area (Å²) in [5.74, 6) is -0.904. The van der Waals surface area contributed by atoms with E-state index in [9.17, 15) is 9.50 Å². The Morgan fingerprint density at radius 2 is 2.10 bits per heavy atom. The molecule has 2 unspecified atom stereocenters. The molecular formula is C16H19ClFNOS. The van der Waals surface area contributed by atoms with E-state index in [2.05, 4.69) is 6.07 Å². The average Bonchev–Trinajstić information content (AvgIpc) is 2.97. The highest BCUT2D eigenvalue weighted by molar-refractivity contribution is 7.09. The van der Waals surface area contributed by atoms with E-state index in [1.54, 1.807) is 23.5 Å². The van der Waals surface area contributed by atoms with E-state index < -0.39 is 17.8 Å². The average molecular weight is 328 g/mol. The van der Waals surface area contributed by atoms with Gasteiger partial charge in [0.15, 0.2) is 0 Å². The molecule has 0 bridgehead atoms. The zero-order valence-electron chi connectivity index (χ0n) is 11.6. The van der Waals surface area contributed by atoms with Crippen molar-refractivity contribution in [1.82, 2.24) is 0 Å². The first-order valence-electron chi connectivity index (χ1n) is 6.98. The molecule has 0 aliphatic rings. The molecule has 114 valence electrons. The smallest absolute Gasteiger partial charge is 0.145 e. The first-order valence-corrected chi connectivity index (χ1v) is 8.23. The molecule has 2 nitrogen and oxygen atoms in total. The van der Waals surface area contributed by atoms with Crippen molar-refractivity contribution in [3.63, 3.8) is 0 Å². The Labute approximate surface area is 133 Å². The Hall–Kier alpha value is -0.940. The number of hydrogen-bond donors (Lipinski definition) is 2. The number of aliphatic hydroxyl groups is 1. The lowest BCUT2D eigenvalue weighted by Gasteiger charge is -2.22. The standard InChI is InChI=1S/C16H19ClFNOS/c17-14-7-2-6-12(16(14)18)13(10-19)15(20)8-1-4-11-5-3-9-21-11/h2-3,5-7,9,13,15,20H,1,4,8,10,19H2. The highest BCUT2D eigenvalue weighted by Gasteiger charge is 2.23. The molecule has 0 amide bonds. The van der Waals surface area contributed by atoms with Gasteiger partial charge in [-0.15, -0.1) is 11.3 Å². The van der Waals surface area contributed by atoms with Crippen LogP contribution >= 0.6 is 22.9 Å². The molecule has 0 radical (unpaired) electrons. The summed E-state index contributed by atoms with van der Waals surface area (Å²) in [6.45, 7) is 0.192. The Morgan fingerprint density at radius 1 is 1.29 bits per heavy atom. The summed E-state index contributed by atoms with van der Waals surface area (Å²) >= 11 is 7.50. The van der Waals surface area contributed by atoms with Crippen LogP contribution in [0.3, 0.4) is 0 Å². The minimum absolute atomic E-state index is 0.0664. The van der Waals surface area contributed by atoms with Gasteiger partial charge >= 0.3 is 0 Å². The molecule has 2 rings (SSSR count). The van der Waals surface area contributed by atoms with Crippen LogP contribution in [0.4, 0.5) is 4.39 Å². The summed E-state index contributed by atoms with van der Waals surface area (Å²) in [5, 5.41) is 12.4. The van der Waals surface area contributed by atoms with Crippen LogP contribution in [-0.4, -0.2) is 17.8 Å². The molecule has 2 aromatic rings. The summed E-state index contributed by atoms with van der Waals surface area (Å²) < 4.78 is 14.0. The normalized spacial score (nSPS) is 14.1. The molecule has 1 aromatic heterocycles. The molecule has 2 atom stereocenters. The second-order valence-electron chi connectivity index (χ2n) is 5.02. The monoisotopic (exact) mass is 327 g/mol. The molecule has 3 N–H and O–H groups in total. The third-order valence-electron chi connectivity index (χ3n) is 3.60. The van der Waals surface area contributed by atoms with Crippen molar-refractivity contribution < 1.29 is 9.50 Å². The van der Waals surface area contributed by atoms with Gasteiger partial charge in [0.05, 0.1) is 11.1 Å². The molecule has 5 heteroatoms. The van der Waals surface area contributed by atoms with E-state index in [0.717, 1.165) is 12.8 Å². The summed E-state index contributed by atoms with van der Waals surface area (Å²) in [7, 11) is 0. The Bertz CT molecular complexity index is 561. The summed E-state index contributed by atoms with van der Waals surface area (Å²) in [6, 6.07) is 8.91. The number of thiophene rings is 1. The predicted molar refractivity (Wildman–Crippen MR) is 86.5 cm³/mol. The number of aliphatic hydroxyl groups excluding tert-OH is 1. The maximum Gasteiger partial charge on any atom is 0.145 e. The van der Waals surface area contributed by atoms with Crippen LogP contribution in [0.15, 0.2) is 35.7 Å². The van der Waals surface area contributed by atoms with Crippen LogP contribution in [0, 0.1) is 5.82 Å². The van der Waals surface area contributed by atoms with Crippen LogP contribution < -0.4 is 5.73 Å². The fourth-order valence-electron chi connectivity index (χ4n) is 2.44. The fraction of sp³-hybridized carbons (Fsp3) is 0.375. The lowest BCUT2D eigenvalue weighted by molar-refractivity contribution is 0.132. The molecule has 0 saturated heterocycles. The molecule has 1 heterocycles. The lowest BCUT2D eigenvalue weighted by atomic mass is 9.90. The molecule has 0 aliphatic carbocycles. The van der Waals surface area contributed by atoms with Gasteiger partial charge in [-0.1, -0.05) is 29.8 Å². The number of nitrogens with two attached hydrogens (primary N) is 1. The van der Waals surface area contributed by atoms with Crippen molar-refractivity contribution in [1.29, 1.82) is 0 Å². The summed E-state index contributed by atoms with van der Waals surface area (Å²) in [5.41, 5.74) is 6.12. The van der Waals surface area contributed by atoms with E-state index in [0.29, 0.717) is 12.0 Å². The van der Waals surface area contributed by atoms with Crippen LogP contribution in [0.2, 0.25) is 5.02 Å². The largest absolute Gasteiger partial charge is 0.392 e. The highest BCUT2D eigenvalue weighted by atomic mass is 35.5. The molecule has 1 aromatic carbocycles. The predicted octanol–water partition coefficient (Wildman–Crippen LogP) is 3.97. The zero-order valence-corrected chi connectivity index (χ0v) is 13.2. The van der Waals surface area contributed by atoms with Crippen LogP contribution in [0.25, 0.3) is 0 Å².